The standard InChI is InChI=1S/C16H15F3O4/c1-3-23-15(22)13(14(20)21)10(2)7-8-11-5-4-6-12(9-11)16(17,18)19/h4-9H,3H2,1-2H3,(H,20,21). The summed E-state index contributed by atoms with van der Waals surface area (Å²) in [5.74, 6) is -2.46. The average molecular weight is 328 g/mol. The number of halogens is 3. The third-order valence-corrected chi connectivity index (χ3v) is 2.83. The van der Waals surface area contributed by atoms with Gasteiger partial charge in [0, 0.05) is 0 Å². The number of carboxylic acid groups (broad SMARTS) is 1. The Morgan fingerprint density at radius 2 is 1.96 bits per heavy atom. The highest BCUT2D eigenvalue weighted by Gasteiger charge is 2.30. The molecule has 7 heteroatoms. The van der Waals surface area contributed by atoms with Gasteiger partial charge in [0.05, 0.1) is 12.2 Å². The number of benzene rings is 1. The predicted octanol–water partition coefficient (Wildman–Crippen LogP) is 3.68. The Morgan fingerprint density at radius 1 is 1.30 bits per heavy atom. The summed E-state index contributed by atoms with van der Waals surface area (Å²) in [4.78, 5) is 22.7. The second-order valence-corrected chi connectivity index (χ2v) is 4.54. The van der Waals surface area contributed by atoms with Crippen LogP contribution in [0, 0.1) is 0 Å². The van der Waals surface area contributed by atoms with Crippen LogP contribution in [0.4, 0.5) is 13.2 Å². The number of rotatable bonds is 5. The van der Waals surface area contributed by atoms with E-state index < -0.39 is 29.3 Å². The van der Waals surface area contributed by atoms with Gasteiger partial charge < -0.3 is 9.84 Å². The summed E-state index contributed by atoms with van der Waals surface area (Å²) in [7, 11) is 0. The highest BCUT2D eigenvalue weighted by atomic mass is 19.4. The van der Waals surface area contributed by atoms with Crippen LogP contribution >= 0.6 is 0 Å². The average Bonchev–Trinajstić information content (AvgIpc) is 2.44. The number of hydrogen-bond acceptors (Lipinski definition) is 3. The molecule has 0 saturated carbocycles. The molecular weight excluding hydrogens is 313 g/mol. The van der Waals surface area contributed by atoms with E-state index in [2.05, 4.69) is 4.74 Å². The van der Waals surface area contributed by atoms with Gasteiger partial charge in [0.25, 0.3) is 0 Å². The second-order valence-electron chi connectivity index (χ2n) is 4.54. The molecule has 0 radical (unpaired) electrons. The highest BCUT2D eigenvalue weighted by Crippen LogP contribution is 2.29. The van der Waals surface area contributed by atoms with Gasteiger partial charge in [-0.3, -0.25) is 0 Å². The van der Waals surface area contributed by atoms with Crippen molar-refractivity contribution in [2.75, 3.05) is 6.61 Å². The van der Waals surface area contributed by atoms with Crippen molar-refractivity contribution < 1.29 is 32.6 Å². The van der Waals surface area contributed by atoms with E-state index in [-0.39, 0.29) is 17.7 Å². The van der Waals surface area contributed by atoms with E-state index >= 15 is 0 Å². The zero-order chi connectivity index (χ0) is 17.6. The maximum atomic E-state index is 12.6. The number of carboxylic acids is 1. The van der Waals surface area contributed by atoms with Crippen molar-refractivity contribution >= 4 is 18.0 Å². The van der Waals surface area contributed by atoms with Crippen molar-refractivity contribution in [2.24, 2.45) is 0 Å². The van der Waals surface area contributed by atoms with E-state index in [9.17, 15) is 22.8 Å². The molecule has 1 N–H and O–H groups in total. The first-order valence-electron chi connectivity index (χ1n) is 6.63. The molecule has 0 atom stereocenters. The summed E-state index contributed by atoms with van der Waals surface area (Å²) in [5.41, 5.74) is -1.07. The molecule has 23 heavy (non-hydrogen) atoms. The second kappa shape index (κ2) is 7.62. The number of esters is 1. The van der Waals surface area contributed by atoms with Crippen LogP contribution in [0.25, 0.3) is 6.08 Å². The van der Waals surface area contributed by atoms with Gasteiger partial charge >= 0.3 is 18.1 Å². The van der Waals surface area contributed by atoms with Crippen LogP contribution in [0.15, 0.2) is 41.5 Å². The minimum Gasteiger partial charge on any atom is -0.477 e. The summed E-state index contributed by atoms with van der Waals surface area (Å²) in [5, 5.41) is 9.05. The zero-order valence-corrected chi connectivity index (χ0v) is 12.5. The molecule has 1 rings (SSSR count). The molecule has 1 aromatic carbocycles. The van der Waals surface area contributed by atoms with Crippen molar-refractivity contribution in [3.63, 3.8) is 0 Å². The largest absolute Gasteiger partial charge is 0.477 e. The Balaban J connectivity index is 3.13. The van der Waals surface area contributed by atoms with Gasteiger partial charge in [-0.25, -0.2) is 9.59 Å². The summed E-state index contributed by atoms with van der Waals surface area (Å²) >= 11 is 0. The van der Waals surface area contributed by atoms with Crippen LogP contribution in [0.3, 0.4) is 0 Å². The fraction of sp³-hybridized carbons (Fsp3) is 0.250. The molecule has 4 nitrogen and oxygen atoms in total. The molecule has 0 aromatic heterocycles. The van der Waals surface area contributed by atoms with E-state index in [0.717, 1.165) is 12.1 Å². The molecule has 0 aliphatic rings. The highest BCUT2D eigenvalue weighted by molar-refractivity contribution is 6.14. The van der Waals surface area contributed by atoms with E-state index in [0.29, 0.717) is 0 Å². The van der Waals surface area contributed by atoms with E-state index in [4.69, 9.17) is 5.11 Å². The Bertz CT molecular complexity index is 658. The lowest BCUT2D eigenvalue weighted by Gasteiger charge is -2.07. The molecule has 0 spiro atoms. The van der Waals surface area contributed by atoms with E-state index in [1.165, 1.54) is 38.1 Å². The number of aliphatic carboxylic acids is 1. The summed E-state index contributed by atoms with van der Waals surface area (Å²) < 4.78 is 42.5. The third kappa shape index (κ3) is 5.28. The molecule has 0 heterocycles. The molecule has 0 amide bonds. The first-order chi connectivity index (χ1) is 10.7. The van der Waals surface area contributed by atoms with E-state index in [1.54, 1.807) is 0 Å². The van der Waals surface area contributed by atoms with Gasteiger partial charge in [-0.2, -0.15) is 13.2 Å². The van der Waals surface area contributed by atoms with Crippen molar-refractivity contribution in [3.8, 4) is 0 Å². The molecule has 0 fully saturated rings. The summed E-state index contributed by atoms with van der Waals surface area (Å²) in [6.07, 6.45) is -1.91. The van der Waals surface area contributed by atoms with Gasteiger partial charge in [0.15, 0.2) is 0 Å². The number of carbonyl (C=O) groups is 2. The molecule has 124 valence electrons. The molecule has 0 aliphatic heterocycles. The lowest BCUT2D eigenvalue weighted by molar-refractivity contribution is -0.144. The number of alkyl halides is 3. The number of carbonyl (C=O) groups excluding carboxylic acids is 1. The lowest BCUT2D eigenvalue weighted by Crippen LogP contribution is -2.16. The fourth-order valence-electron chi connectivity index (χ4n) is 1.74. The maximum Gasteiger partial charge on any atom is 0.416 e. The number of allylic oxidation sites excluding steroid dienone is 2. The van der Waals surface area contributed by atoms with Crippen LogP contribution in [-0.4, -0.2) is 23.7 Å². The van der Waals surface area contributed by atoms with Crippen molar-refractivity contribution in [2.45, 2.75) is 20.0 Å². The zero-order valence-electron chi connectivity index (χ0n) is 12.5. The Morgan fingerprint density at radius 3 is 2.48 bits per heavy atom. The number of ether oxygens (including phenoxy) is 1. The van der Waals surface area contributed by atoms with Gasteiger partial charge in [-0.05, 0) is 37.1 Å². The molecule has 0 unspecified atom stereocenters. The first kappa shape index (κ1) is 18.5. The smallest absolute Gasteiger partial charge is 0.416 e. The topological polar surface area (TPSA) is 63.6 Å². The van der Waals surface area contributed by atoms with Crippen LogP contribution in [0.5, 0.6) is 0 Å². The SMILES string of the molecule is CCOC(=O)C(C(=O)O)=C(C)C=Cc1cccc(C(F)(F)F)c1. The molecule has 0 saturated heterocycles. The van der Waals surface area contributed by atoms with Gasteiger partial charge in [-0.15, -0.1) is 0 Å². The molecule has 0 aliphatic carbocycles. The predicted molar refractivity (Wildman–Crippen MR) is 77.4 cm³/mol. The van der Waals surface area contributed by atoms with Crippen LogP contribution in [0.2, 0.25) is 0 Å². The molecule has 0 bridgehead atoms. The van der Waals surface area contributed by atoms with Crippen molar-refractivity contribution in [1.82, 2.24) is 0 Å². The lowest BCUT2D eigenvalue weighted by atomic mass is 10.1. The van der Waals surface area contributed by atoms with E-state index in [1.807, 2.05) is 0 Å². The van der Waals surface area contributed by atoms with Crippen LogP contribution in [0.1, 0.15) is 25.0 Å². The Labute approximate surface area is 130 Å². The Kier molecular flexibility index (Phi) is 6.12. The Hall–Kier alpha value is -2.57. The van der Waals surface area contributed by atoms with Crippen LogP contribution in [-0.2, 0) is 20.5 Å². The van der Waals surface area contributed by atoms with Crippen molar-refractivity contribution in [3.05, 3.63) is 52.6 Å². The molecule has 1 aromatic rings. The fourth-order valence-corrected chi connectivity index (χ4v) is 1.74. The van der Waals surface area contributed by atoms with Gasteiger partial charge in [0.2, 0.25) is 0 Å². The third-order valence-electron chi connectivity index (χ3n) is 2.83. The minimum absolute atomic E-state index is 0.0141. The quantitative estimate of drug-likeness (QED) is 0.294. The van der Waals surface area contributed by atoms with Gasteiger partial charge in [-0.1, -0.05) is 24.3 Å². The molecular formula is C16H15F3O4. The van der Waals surface area contributed by atoms with Crippen molar-refractivity contribution in [1.29, 1.82) is 0 Å². The summed E-state index contributed by atoms with van der Waals surface area (Å²) in [6.45, 7) is 2.91. The number of hydrogen-bond donors (Lipinski definition) is 1. The minimum atomic E-state index is -4.47. The van der Waals surface area contributed by atoms with Gasteiger partial charge in [0.1, 0.15) is 5.57 Å². The maximum absolute atomic E-state index is 12.6. The normalized spacial score (nSPS) is 12.9. The first-order valence-corrected chi connectivity index (χ1v) is 6.63. The summed E-state index contributed by atoms with van der Waals surface area (Å²) in [6, 6.07) is 4.53. The monoisotopic (exact) mass is 328 g/mol. The van der Waals surface area contributed by atoms with Crippen LogP contribution < -0.4 is 0 Å².